The van der Waals surface area contributed by atoms with Crippen LogP contribution in [0.15, 0.2) is 23.1 Å². The van der Waals surface area contributed by atoms with E-state index in [9.17, 15) is 13.2 Å². The van der Waals surface area contributed by atoms with Crippen LogP contribution in [0.25, 0.3) is 0 Å². The van der Waals surface area contributed by atoms with Crippen molar-refractivity contribution in [2.45, 2.75) is 58.0 Å². The second-order valence-corrected chi connectivity index (χ2v) is 9.13. The smallest absolute Gasteiger partial charge is 0.243 e. The Morgan fingerprint density at radius 1 is 1.13 bits per heavy atom. The molecule has 1 aromatic rings. The summed E-state index contributed by atoms with van der Waals surface area (Å²) in [6.07, 6.45) is 0. The minimum absolute atomic E-state index is 0.0453. The molecule has 0 unspecified atom stereocenters. The molecule has 5 nitrogen and oxygen atoms in total. The number of piperazine rings is 1. The Balaban J connectivity index is 2.38. The molecule has 0 aliphatic carbocycles. The Kier molecular flexibility index (Phi) is 4.61. The zero-order valence-corrected chi connectivity index (χ0v) is 15.6. The number of hydrogen-bond acceptors (Lipinski definition) is 3. The van der Waals surface area contributed by atoms with Crippen LogP contribution in [0.4, 0.5) is 0 Å². The fourth-order valence-electron chi connectivity index (χ4n) is 3.31. The normalized spacial score (nSPS) is 19.4. The zero-order valence-electron chi connectivity index (χ0n) is 14.8. The second kappa shape index (κ2) is 5.91. The number of rotatable bonds is 3. The molecule has 0 spiro atoms. The third kappa shape index (κ3) is 3.28. The molecule has 23 heavy (non-hydrogen) atoms. The zero-order chi connectivity index (χ0) is 17.6. The molecule has 128 valence electrons. The maximum absolute atomic E-state index is 12.9. The lowest BCUT2D eigenvalue weighted by Gasteiger charge is -2.48. The van der Waals surface area contributed by atoms with Crippen molar-refractivity contribution in [3.63, 3.8) is 0 Å². The molecule has 0 atom stereocenters. The summed E-state index contributed by atoms with van der Waals surface area (Å²) in [5.41, 5.74) is 1.44. The Bertz CT molecular complexity index is 723. The highest BCUT2D eigenvalue weighted by Gasteiger charge is 2.44. The molecule has 1 amide bonds. The van der Waals surface area contributed by atoms with E-state index in [0.29, 0.717) is 6.54 Å². The van der Waals surface area contributed by atoms with E-state index in [2.05, 4.69) is 0 Å². The predicted molar refractivity (Wildman–Crippen MR) is 90.7 cm³/mol. The Labute approximate surface area is 139 Å². The van der Waals surface area contributed by atoms with Crippen molar-refractivity contribution in [2.75, 3.05) is 13.1 Å². The van der Waals surface area contributed by atoms with Gasteiger partial charge < -0.3 is 4.90 Å². The first-order valence-corrected chi connectivity index (χ1v) is 9.30. The summed E-state index contributed by atoms with van der Waals surface area (Å²) in [5, 5.41) is 0. The molecule has 0 N–H and O–H groups in total. The Morgan fingerprint density at radius 2 is 1.74 bits per heavy atom. The maximum atomic E-state index is 12.9. The number of sulfonamides is 1. The molecule has 1 aliphatic rings. The summed E-state index contributed by atoms with van der Waals surface area (Å²) in [6, 6.07) is 5.14. The van der Waals surface area contributed by atoms with Gasteiger partial charge in [0.15, 0.2) is 0 Å². The van der Waals surface area contributed by atoms with Gasteiger partial charge in [0.1, 0.15) is 0 Å². The molecule has 1 fully saturated rings. The van der Waals surface area contributed by atoms with Crippen LogP contribution in [0, 0.1) is 13.8 Å². The first-order chi connectivity index (χ1) is 10.5. The van der Waals surface area contributed by atoms with Crippen LogP contribution in [-0.4, -0.2) is 48.2 Å². The average Bonchev–Trinajstić information content (AvgIpc) is 2.39. The number of benzene rings is 1. The number of aryl methyl sites for hydroxylation is 2. The van der Waals surface area contributed by atoms with Crippen LogP contribution in [0.3, 0.4) is 0 Å². The van der Waals surface area contributed by atoms with Gasteiger partial charge in [0.2, 0.25) is 15.9 Å². The van der Waals surface area contributed by atoms with E-state index in [4.69, 9.17) is 0 Å². The second-order valence-electron chi connectivity index (χ2n) is 7.19. The maximum Gasteiger partial charge on any atom is 0.243 e. The summed E-state index contributed by atoms with van der Waals surface area (Å²) in [4.78, 5) is 14.5. The highest BCUT2D eigenvalue weighted by atomic mass is 32.2. The highest BCUT2D eigenvalue weighted by molar-refractivity contribution is 7.89. The predicted octanol–water partition coefficient (Wildman–Crippen LogP) is 2.32. The molecule has 1 saturated heterocycles. The molecular formula is C17H26N2O3S. The standard InChI is InChI=1S/C17H26N2O3S/c1-12(2)19-16(20)10-18(11-17(19,5)6)23(21,22)15-8-7-13(3)14(4)9-15/h7-9,12H,10-11H2,1-6H3. The lowest BCUT2D eigenvalue weighted by atomic mass is 9.98. The van der Waals surface area contributed by atoms with Crippen molar-refractivity contribution >= 4 is 15.9 Å². The summed E-state index contributed by atoms with van der Waals surface area (Å²) >= 11 is 0. The van der Waals surface area contributed by atoms with Crippen molar-refractivity contribution in [2.24, 2.45) is 0 Å². The van der Waals surface area contributed by atoms with E-state index in [-0.39, 0.29) is 23.4 Å². The van der Waals surface area contributed by atoms with Gasteiger partial charge in [-0.1, -0.05) is 6.07 Å². The quantitative estimate of drug-likeness (QED) is 0.850. The van der Waals surface area contributed by atoms with Gasteiger partial charge in [0.05, 0.1) is 17.0 Å². The summed E-state index contributed by atoms with van der Waals surface area (Å²) in [6.45, 7) is 11.8. The molecule has 0 radical (unpaired) electrons. The first kappa shape index (κ1) is 17.9. The number of carbonyl (C=O) groups is 1. The number of nitrogens with zero attached hydrogens (tertiary/aromatic N) is 2. The van der Waals surface area contributed by atoms with Crippen LogP contribution in [-0.2, 0) is 14.8 Å². The number of amides is 1. The molecule has 0 bridgehead atoms. The van der Waals surface area contributed by atoms with Gasteiger partial charge in [-0.15, -0.1) is 0 Å². The van der Waals surface area contributed by atoms with Crippen LogP contribution in [0.1, 0.15) is 38.8 Å². The van der Waals surface area contributed by atoms with Gasteiger partial charge in [0.25, 0.3) is 0 Å². The highest BCUT2D eigenvalue weighted by Crippen LogP contribution is 2.28. The van der Waals surface area contributed by atoms with Gasteiger partial charge in [0, 0.05) is 12.6 Å². The number of carbonyl (C=O) groups excluding carboxylic acids is 1. The topological polar surface area (TPSA) is 57.7 Å². The van der Waals surface area contributed by atoms with Crippen molar-refractivity contribution in [3.05, 3.63) is 29.3 Å². The molecular weight excluding hydrogens is 312 g/mol. The first-order valence-electron chi connectivity index (χ1n) is 7.86. The Hall–Kier alpha value is -1.40. The van der Waals surface area contributed by atoms with Crippen molar-refractivity contribution in [3.8, 4) is 0 Å². The van der Waals surface area contributed by atoms with E-state index < -0.39 is 15.6 Å². The van der Waals surface area contributed by atoms with E-state index in [1.54, 1.807) is 23.1 Å². The fraction of sp³-hybridized carbons (Fsp3) is 0.588. The van der Waals surface area contributed by atoms with Gasteiger partial charge in [-0.2, -0.15) is 4.31 Å². The van der Waals surface area contributed by atoms with Crippen LogP contribution in [0.2, 0.25) is 0 Å². The van der Waals surface area contributed by atoms with Crippen molar-refractivity contribution in [1.29, 1.82) is 0 Å². The monoisotopic (exact) mass is 338 g/mol. The van der Waals surface area contributed by atoms with Gasteiger partial charge in [-0.25, -0.2) is 8.42 Å². The van der Waals surface area contributed by atoms with E-state index in [0.717, 1.165) is 11.1 Å². The summed E-state index contributed by atoms with van der Waals surface area (Å²) in [5.74, 6) is -0.149. The molecule has 1 heterocycles. The molecule has 6 heteroatoms. The molecule has 2 rings (SSSR count). The summed E-state index contributed by atoms with van der Waals surface area (Å²) in [7, 11) is -3.67. The molecule has 0 saturated carbocycles. The van der Waals surface area contributed by atoms with Crippen LogP contribution < -0.4 is 0 Å². The molecule has 0 aromatic heterocycles. The lowest BCUT2D eigenvalue weighted by Crippen LogP contribution is -2.64. The minimum Gasteiger partial charge on any atom is -0.333 e. The molecule has 1 aliphatic heterocycles. The van der Waals surface area contributed by atoms with E-state index >= 15 is 0 Å². The average molecular weight is 338 g/mol. The van der Waals surface area contributed by atoms with E-state index in [1.165, 1.54) is 4.31 Å². The van der Waals surface area contributed by atoms with Gasteiger partial charge in [-0.3, -0.25) is 4.79 Å². The molecule has 1 aromatic carbocycles. The fourth-order valence-corrected chi connectivity index (χ4v) is 4.94. The largest absolute Gasteiger partial charge is 0.333 e. The van der Waals surface area contributed by atoms with Crippen molar-refractivity contribution in [1.82, 2.24) is 9.21 Å². The SMILES string of the molecule is Cc1ccc(S(=O)(=O)N2CC(=O)N(C(C)C)C(C)(C)C2)cc1C. The van der Waals surface area contributed by atoms with E-state index in [1.807, 2.05) is 41.5 Å². The number of hydrogen-bond donors (Lipinski definition) is 0. The third-order valence-corrected chi connectivity index (χ3v) is 6.22. The van der Waals surface area contributed by atoms with Crippen LogP contribution in [0.5, 0.6) is 0 Å². The lowest BCUT2D eigenvalue weighted by molar-refractivity contribution is -0.144. The van der Waals surface area contributed by atoms with Gasteiger partial charge >= 0.3 is 0 Å². The minimum atomic E-state index is -3.67. The van der Waals surface area contributed by atoms with Crippen molar-refractivity contribution < 1.29 is 13.2 Å². The Morgan fingerprint density at radius 3 is 2.22 bits per heavy atom. The summed E-state index contributed by atoms with van der Waals surface area (Å²) < 4.78 is 27.1. The van der Waals surface area contributed by atoms with Gasteiger partial charge in [-0.05, 0) is 64.8 Å². The van der Waals surface area contributed by atoms with Crippen LogP contribution >= 0.6 is 0 Å². The third-order valence-electron chi connectivity index (χ3n) is 4.43.